The molecule has 26 heavy (non-hydrogen) atoms. The Balaban J connectivity index is 1.37. The van der Waals surface area contributed by atoms with E-state index in [1.165, 1.54) is 0 Å². The van der Waals surface area contributed by atoms with Gasteiger partial charge in [0.1, 0.15) is 23.5 Å². The zero-order valence-electron chi connectivity index (χ0n) is 15.0. The van der Waals surface area contributed by atoms with Crippen molar-refractivity contribution in [1.29, 1.82) is 5.26 Å². The minimum absolute atomic E-state index is 0.318. The van der Waals surface area contributed by atoms with Gasteiger partial charge in [0, 0.05) is 51.4 Å². The standard InChI is InChI=1S/C18H24N8/c1-24-16(22-23-18(24)14-9-15(20)10-14)12-25-5-7-26(8-6-25)17-13(11-19)3-2-4-21-17/h2-4,14-15H,5-10,12,20H2,1H3. The van der Waals surface area contributed by atoms with Crippen LogP contribution in [-0.4, -0.2) is 56.9 Å². The Bertz CT molecular complexity index is 809. The number of anilines is 1. The summed E-state index contributed by atoms with van der Waals surface area (Å²) in [5.74, 6) is 3.32. The highest BCUT2D eigenvalue weighted by Crippen LogP contribution is 2.34. The van der Waals surface area contributed by atoms with E-state index in [0.29, 0.717) is 17.5 Å². The molecule has 0 spiro atoms. The first-order valence-corrected chi connectivity index (χ1v) is 9.12. The molecule has 0 amide bonds. The van der Waals surface area contributed by atoms with Crippen LogP contribution in [0.1, 0.15) is 36.0 Å². The van der Waals surface area contributed by atoms with E-state index in [9.17, 15) is 5.26 Å². The van der Waals surface area contributed by atoms with E-state index in [-0.39, 0.29) is 0 Å². The lowest BCUT2D eigenvalue weighted by atomic mass is 9.80. The molecule has 1 aliphatic carbocycles. The summed E-state index contributed by atoms with van der Waals surface area (Å²) in [6.07, 6.45) is 3.77. The highest BCUT2D eigenvalue weighted by atomic mass is 15.3. The SMILES string of the molecule is Cn1c(CN2CCN(c3ncccc3C#N)CC2)nnc1C1CC(N)C1. The summed E-state index contributed by atoms with van der Waals surface area (Å²) >= 11 is 0. The number of hydrogen-bond donors (Lipinski definition) is 1. The number of hydrogen-bond acceptors (Lipinski definition) is 7. The molecule has 0 radical (unpaired) electrons. The van der Waals surface area contributed by atoms with Gasteiger partial charge in [-0.3, -0.25) is 4.90 Å². The molecule has 136 valence electrons. The summed E-state index contributed by atoms with van der Waals surface area (Å²) in [5.41, 5.74) is 6.54. The summed E-state index contributed by atoms with van der Waals surface area (Å²) in [7, 11) is 2.05. The molecular formula is C18H24N8. The summed E-state index contributed by atoms with van der Waals surface area (Å²) in [6.45, 7) is 4.33. The van der Waals surface area contributed by atoms with Crippen LogP contribution in [-0.2, 0) is 13.6 Å². The lowest BCUT2D eigenvalue weighted by molar-refractivity contribution is 0.240. The van der Waals surface area contributed by atoms with Crippen molar-refractivity contribution < 1.29 is 0 Å². The van der Waals surface area contributed by atoms with E-state index in [4.69, 9.17) is 5.73 Å². The summed E-state index contributed by atoms with van der Waals surface area (Å²) in [6, 6.07) is 6.17. The molecule has 1 saturated carbocycles. The second-order valence-corrected chi connectivity index (χ2v) is 7.21. The Hall–Kier alpha value is -2.50. The maximum atomic E-state index is 9.26. The lowest BCUT2D eigenvalue weighted by Crippen LogP contribution is -2.46. The number of nitrogens with two attached hydrogens (primary N) is 1. The molecule has 2 aromatic rings. The first kappa shape index (κ1) is 16.9. The number of piperazine rings is 1. The van der Waals surface area contributed by atoms with Crippen LogP contribution in [0.3, 0.4) is 0 Å². The van der Waals surface area contributed by atoms with Gasteiger partial charge in [0.15, 0.2) is 0 Å². The molecule has 8 heteroatoms. The summed E-state index contributed by atoms with van der Waals surface area (Å²) < 4.78 is 2.13. The van der Waals surface area contributed by atoms with Crippen molar-refractivity contribution in [2.45, 2.75) is 31.3 Å². The fourth-order valence-electron chi connectivity index (χ4n) is 3.80. The molecule has 1 saturated heterocycles. The molecule has 0 bridgehead atoms. The predicted octanol–water partition coefficient (Wildman–Crippen LogP) is 0.609. The molecule has 8 nitrogen and oxygen atoms in total. The van der Waals surface area contributed by atoms with E-state index in [1.807, 2.05) is 6.07 Å². The van der Waals surface area contributed by atoms with Gasteiger partial charge in [-0.05, 0) is 25.0 Å². The smallest absolute Gasteiger partial charge is 0.146 e. The van der Waals surface area contributed by atoms with Gasteiger partial charge in [-0.15, -0.1) is 10.2 Å². The first-order valence-electron chi connectivity index (χ1n) is 9.12. The number of pyridine rings is 1. The zero-order chi connectivity index (χ0) is 18.1. The third kappa shape index (κ3) is 3.16. The monoisotopic (exact) mass is 352 g/mol. The van der Waals surface area contributed by atoms with Gasteiger partial charge in [-0.2, -0.15) is 5.26 Å². The first-order chi connectivity index (χ1) is 12.7. The van der Waals surface area contributed by atoms with Crippen molar-refractivity contribution in [2.75, 3.05) is 31.1 Å². The Morgan fingerprint density at radius 1 is 1.23 bits per heavy atom. The number of rotatable bonds is 4. The molecule has 0 atom stereocenters. The van der Waals surface area contributed by atoms with Gasteiger partial charge in [0.05, 0.1) is 12.1 Å². The highest BCUT2D eigenvalue weighted by Gasteiger charge is 2.32. The molecule has 2 N–H and O–H groups in total. The Kier molecular flexibility index (Phi) is 4.57. The van der Waals surface area contributed by atoms with E-state index in [0.717, 1.165) is 63.0 Å². The van der Waals surface area contributed by atoms with Crippen molar-refractivity contribution in [3.05, 3.63) is 35.5 Å². The molecule has 2 fully saturated rings. The fraction of sp³-hybridized carbons (Fsp3) is 0.556. The molecule has 0 aromatic carbocycles. The van der Waals surface area contributed by atoms with Crippen molar-refractivity contribution in [3.63, 3.8) is 0 Å². The van der Waals surface area contributed by atoms with Crippen molar-refractivity contribution in [3.8, 4) is 6.07 Å². The van der Waals surface area contributed by atoms with Crippen LogP contribution >= 0.6 is 0 Å². The summed E-state index contributed by atoms with van der Waals surface area (Å²) in [4.78, 5) is 8.96. The van der Waals surface area contributed by atoms with Crippen LogP contribution in [0.4, 0.5) is 5.82 Å². The molecular weight excluding hydrogens is 328 g/mol. The zero-order valence-corrected chi connectivity index (χ0v) is 15.0. The number of aromatic nitrogens is 4. The van der Waals surface area contributed by atoms with Crippen molar-refractivity contribution in [2.24, 2.45) is 12.8 Å². The molecule has 4 rings (SSSR count). The van der Waals surface area contributed by atoms with Crippen molar-refractivity contribution >= 4 is 5.82 Å². The normalized spacial score (nSPS) is 23.5. The van der Waals surface area contributed by atoms with Gasteiger partial charge in [-0.25, -0.2) is 4.98 Å². The Morgan fingerprint density at radius 3 is 2.69 bits per heavy atom. The van der Waals surface area contributed by atoms with Crippen molar-refractivity contribution in [1.82, 2.24) is 24.6 Å². The van der Waals surface area contributed by atoms with Crippen LogP contribution in [0.25, 0.3) is 0 Å². The van der Waals surface area contributed by atoms with E-state index in [2.05, 4.69) is 42.7 Å². The average molecular weight is 352 g/mol. The third-order valence-corrected chi connectivity index (χ3v) is 5.48. The van der Waals surface area contributed by atoms with Gasteiger partial charge >= 0.3 is 0 Å². The topological polar surface area (TPSA) is 99.9 Å². The van der Waals surface area contributed by atoms with Crippen LogP contribution in [0.15, 0.2) is 18.3 Å². The second-order valence-electron chi connectivity index (χ2n) is 7.21. The number of nitrogens with zero attached hydrogens (tertiary/aromatic N) is 7. The quantitative estimate of drug-likeness (QED) is 0.860. The fourth-order valence-corrected chi connectivity index (χ4v) is 3.80. The molecule has 1 aliphatic heterocycles. The van der Waals surface area contributed by atoms with Gasteiger partial charge in [-0.1, -0.05) is 0 Å². The Morgan fingerprint density at radius 2 is 2.00 bits per heavy atom. The molecule has 2 aliphatic rings. The minimum Gasteiger partial charge on any atom is -0.353 e. The minimum atomic E-state index is 0.318. The third-order valence-electron chi connectivity index (χ3n) is 5.48. The molecule has 3 heterocycles. The van der Waals surface area contributed by atoms with Gasteiger partial charge < -0.3 is 15.2 Å². The molecule has 2 aromatic heterocycles. The maximum absolute atomic E-state index is 9.26. The average Bonchev–Trinajstić information content (AvgIpc) is 3.00. The summed E-state index contributed by atoms with van der Waals surface area (Å²) in [5, 5.41) is 18.1. The van der Waals surface area contributed by atoms with E-state index < -0.39 is 0 Å². The second kappa shape index (κ2) is 7.02. The maximum Gasteiger partial charge on any atom is 0.146 e. The molecule has 0 unspecified atom stereocenters. The van der Waals surface area contributed by atoms with Crippen LogP contribution in [0.5, 0.6) is 0 Å². The largest absolute Gasteiger partial charge is 0.353 e. The van der Waals surface area contributed by atoms with Crippen LogP contribution in [0.2, 0.25) is 0 Å². The van der Waals surface area contributed by atoms with E-state index >= 15 is 0 Å². The number of nitriles is 1. The van der Waals surface area contributed by atoms with E-state index in [1.54, 1.807) is 12.3 Å². The van der Waals surface area contributed by atoms with Crippen LogP contribution < -0.4 is 10.6 Å². The lowest BCUT2D eigenvalue weighted by Gasteiger charge is -2.35. The Labute approximate surface area is 153 Å². The van der Waals surface area contributed by atoms with Gasteiger partial charge in [0.25, 0.3) is 0 Å². The predicted molar refractivity (Wildman–Crippen MR) is 97.4 cm³/mol. The highest BCUT2D eigenvalue weighted by molar-refractivity contribution is 5.53. The van der Waals surface area contributed by atoms with Gasteiger partial charge in [0.2, 0.25) is 0 Å². The van der Waals surface area contributed by atoms with Crippen LogP contribution in [0, 0.1) is 11.3 Å².